The number of furan rings is 1. The molecule has 7 heteroatoms. The van der Waals surface area contributed by atoms with Gasteiger partial charge in [-0.25, -0.2) is 4.98 Å². The van der Waals surface area contributed by atoms with Crippen LogP contribution in [0.25, 0.3) is 11.1 Å². The fraction of sp³-hybridized carbons (Fsp3) is 0.632. The molecule has 1 fully saturated rings. The predicted octanol–water partition coefficient (Wildman–Crippen LogP) is 2.52. The second-order valence-electron chi connectivity index (χ2n) is 6.98. The molecule has 1 N–H and O–H groups in total. The summed E-state index contributed by atoms with van der Waals surface area (Å²) in [4.78, 5) is 23.8. The molecule has 1 saturated heterocycles. The Morgan fingerprint density at radius 3 is 2.92 bits per heavy atom. The number of hydrogen-bond acceptors (Lipinski definition) is 6. The highest BCUT2D eigenvalue weighted by Crippen LogP contribution is 2.33. The van der Waals surface area contributed by atoms with Crippen molar-refractivity contribution in [3.05, 3.63) is 17.1 Å². The zero-order valence-electron chi connectivity index (χ0n) is 16.1. The molecule has 0 bridgehead atoms. The molecule has 1 aliphatic rings. The molecule has 3 rings (SSSR count). The number of hydrogen-bond donors (Lipinski definition) is 1. The first-order valence-electron chi connectivity index (χ1n) is 9.27. The summed E-state index contributed by atoms with van der Waals surface area (Å²) in [7, 11) is 1.67. The molecule has 2 aromatic heterocycles. The van der Waals surface area contributed by atoms with Gasteiger partial charge < -0.3 is 19.4 Å². The van der Waals surface area contributed by atoms with Crippen LogP contribution in [0.15, 0.2) is 4.42 Å². The van der Waals surface area contributed by atoms with Crippen LogP contribution in [0.5, 0.6) is 0 Å². The summed E-state index contributed by atoms with van der Waals surface area (Å²) in [5.41, 5.74) is 1.70. The Hall–Kier alpha value is -2.15. The van der Waals surface area contributed by atoms with Crippen LogP contribution >= 0.6 is 0 Å². The first-order chi connectivity index (χ1) is 12.5. The largest absolute Gasteiger partial charge is 0.443 e. The van der Waals surface area contributed by atoms with Crippen LogP contribution < -0.4 is 10.2 Å². The van der Waals surface area contributed by atoms with Gasteiger partial charge >= 0.3 is 0 Å². The number of fused-ring (bicyclic) bond motifs is 1. The summed E-state index contributed by atoms with van der Waals surface area (Å²) in [5, 5.41) is 3.99. The summed E-state index contributed by atoms with van der Waals surface area (Å²) in [6.45, 7) is 8.73. The maximum Gasteiger partial charge on any atom is 0.231 e. The highest BCUT2D eigenvalue weighted by Gasteiger charge is 2.28. The van der Waals surface area contributed by atoms with Crippen molar-refractivity contribution in [2.24, 2.45) is 5.92 Å². The third-order valence-corrected chi connectivity index (χ3v) is 5.04. The van der Waals surface area contributed by atoms with E-state index in [4.69, 9.17) is 9.15 Å². The molecule has 2 aromatic rings. The van der Waals surface area contributed by atoms with Crippen LogP contribution in [0.2, 0.25) is 0 Å². The number of aryl methyl sites for hydroxylation is 3. The maximum atomic E-state index is 12.5. The van der Waals surface area contributed by atoms with E-state index < -0.39 is 0 Å². The third kappa shape index (κ3) is 3.82. The average molecular weight is 360 g/mol. The SMILES string of the molecule is COCCCNC(=O)C1CCCN(c2nc(C)nc3oc(C)c(C)c23)C1. The van der Waals surface area contributed by atoms with Crippen molar-refractivity contribution in [2.45, 2.75) is 40.0 Å². The molecule has 0 radical (unpaired) electrons. The third-order valence-electron chi connectivity index (χ3n) is 5.04. The minimum absolute atomic E-state index is 0.0232. The van der Waals surface area contributed by atoms with E-state index in [1.807, 2.05) is 20.8 Å². The number of nitrogens with zero attached hydrogens (tertiary/aromatic N) is 3. The first kappa shape index (κ1) is 18.6. The van der Waals surface area contributed by atoms with Gasteiger partial charge in [-0.2, -0.15) is 4.98 Å². The van der Waals surface area contributed by atoms with Crippen LogP contribution in [0.1, 0.15) is 36.4 Å². The van der Waals surface area contributed by atoms with Crippen LogP contribution in [-0.4, -0.2) is 49.2 Å². The minimum Gasteiger partial charge on any atom is -0.443 e. The number of rotatable bonds is 6. The zero-order chi connectivity index (χ0) is 18.7. The lowest BCUT2D eigenvalue weighted by atomic mass is 9.96. The van der Waals surface area contributed by atoms with Gasteiger partial charge in [-0.1, -0.05) is 0 Å². The van der Waals surface area contributed by atoms with Gasteiger partial charge in [-0.3, -0.25) is 4.79 Å². The monoisotopic (exact) mass is 360 g/mol. The molecule has 0 aromatic carbocycles. The Morgan fingerprint density at radius 1 is 1.35 bits per heavy atom. The van der Waals surface area contributed by atoms with E-state index in [1.54, 1.807) is 7.11 Å². The van der Waals surface area contributed by atoms with Gasteiger partial charge in [0, 0.05) is 38.9 Å². The molecule has 26 heavy (non-hydrogen) atoms. The second kappa shape index (κ2) is 8.03. The molecule has 1 atom stereocenters. The number of carbonyl (C=O) groups is 1. The van der Waals surface area contributed by atoms with E-state index in [1.165, 1.54) is 0 Å². The number of methoxy groups -OCH3 is 1. The number of carbonyl (C=O) groups excluding carboxylic acids is 1. The number of aromatic nitrogens is 2. The molecule has 3 heterocycles. The molecule has 1 amide bonds. The number of ether oxygens (including phenoxy) is 1. The fourth-order valence-electron chi connectivity index (χ4n) is 3.52. The standard InChI is InChI=1S/C19H28N4O3/c1-12-13(2)26-19-16(12)17(21-14(3)22-19)23-9-5-7-15(11-23)18(24)20-8-6-10-25-4/h15H,5-11H2,1-4H3,(H,20,24). The first-order valence-corrected chi connectivity index (χ1v) is 9.27. The number of anilines is 1. The van der Waals surface area contributed by atoms with Gasteiger partial charge in [0.2, 0.25) is 11.6 Å². The van der Waals surface area contributed by atoms with Crippen molar-refractivity contribution in [1.29, 1.82) is 0 Å². The van der Waals surface area contributed by atoms with Crippen molar-refractivity contribution >= 4 is 22.8 Å². The van der Waals surface area contributed by atoms with Crippen molar-refractivity contribution in [1.82, 2.24) is 15.3 Å². The lowest BCUT2D eigenvalue weighted by molar-refractivity contribution is -0.125. The quantitative estimate of drug-likeness (QED) is 0.797. The second-order valence-corrected chi connectivity index (χ2v) is 6.98. The van der Waals surface area contributed by atoms with E-state index in [2.05, 4.69) is 20.2 Å². The number of amides is 1. The highest BCUT2D eigenvalue weighted by molar-refractivity contribution is 5.90. The fourth-order valence-corrected chi connectivity index (χ4v) is 3.52. The molecule has 7 nitrogen and oxygen atoms in total. The minimum atomic E-state index is -0.0232. The topological polar surface area (TPSA) is 80.5 Å². The number of piperidine rings is 1. The Labute approximate surface area is 154 Å². The lowest BCUT2D eigenvalue weighted by Crippen LogP contribution is -2.43. The van der Waals surface area contributed by atoms with Crippen LogP contribution in [0, 0.1) is 26.7 Å². The molecule has 142 valence electrons. The van der Waals surface area contributed by atoms with Gasteiger partial charge in [-0.05, 0) is 40.0 Å². The molecular weight excluding hydrogens is 332 g/mol. The van der Waals surface area contributed by atoms with Gasteiger partial charge in [0.1, 0.15) is 17.4 Å². The van der Waals surface area contributed by atoms with Crippen molar-refractivity contribution in [2.75, 3.05) is 38.3 Å². The van der Waals surface area contributed by atoms with Crippen LogP contribution in [-0.2, 0) is 9.53 Å². The van der Waals surface area contributed by atoms with Crippen molar-refractivity contribution < 1.29 is 13.9 Å². The Bertz CT molecular complexity index is 787. The van der Waals surface area contributed by atoms with Crippen LogP contribution in [0.3, 0.4) is 0 Å². The van der Waals surface area contributed by atoms with E-state index in [-0.39, 0.29) is 11.8 Å². The summed E-state index contributed by atoms with van der Waals surface area (Å²) >= 11 is 0. The van der Waals surface area contributed by atoms with Gasteiger partial charge in [0.25, 0.3) is 0 Å². The molecule has 0 aliphatic carbocycles. The molecule has 0 saturated carbocycles. The zero-order valence-corrected chi connectivity index (χ0v) is 16.1. The molecule has 0 spiro atoms. The van der Waals surface area contributed by atoms with Crippen LogP contribution in [0.4, 0.5) is 5.82 Å². The van der Waals surface area contributed by atoms with Gasteiger partial charge in [-0.15, -0.1) is 0 Å². The van der Waals surface area contributed by atoms with E-state index in [0.717, 1.165) is 48.3 Å². The maximum absolute atomic E-state index is 12.5. The summed E-state index contributed by atoms with van der Waals surface area (Å²) in [5.74, 6) is 2.54. The number of nitrogens with one attached hydrogen (secondary N) is 1. The van der Waals surface area contributed by atoms with E-state index >= 15 is 0 Å². The molecule has 1 aliphatic heterocycles. The van der Waals surface area contributed by atoms with Gasteiger partial charge in [0.15, 0.2) is 0 Å². The van der Waals surface area contributed by atoms with E-state index in [9.17, 15) is 4.79 Å². The molecule has 1 unspecified atom stereocenters. The Kier molecular flexibility index (Phi) is 5.76. The summed E-state index contributed by atoms with van der Waals surface area (Å²) < 4.78 is 10.8. The molecular formula is C19H28N4O3. The predicted molar refractivity (Wildman–Crippen MR) is 100 cm³/mol. The summed E-state index contributed by atoms with van der Waals surface area (Å²) in [6, 6.07) is 0. The summed E-state index contributed by atoms with van der Waals surface area (Å²) in [6.07, 6.45) is 2.71. The van der Waals surface area contributed by atoms with Crippen molar-refractivity contribution in [3.8, 4) is 0 Å². The van der Waals surface area contributed by atoms with Gasteiger partial charge in [0.05, 0.1) is 11.3 Å². The lowest BCUT2D eigenvalue weighted by Gasteiger charge is -2.33. The Balaban J connectivity index is 1.77. The Morgan fingerprint density at radius 2 is 2.15 bits per heavy atom. The smallest absolute Gasteiger partial charge is 0.231 e. The van der Waals surface area contributed by atoms with E-state index in [0.29, 0.717) is 31.2 Å². The normalized spacial score (nSPS) is 17.7. The highest BCUT2D eigenvalue weighted by atomic mass is 16.5. The average Bonchev–Trinajstić information content (AvgIpc) is 2.92. The van der Waals surface area contributed by atoms with Crippen molar-refractivity contribution in [3.63, 3.8) is 0 Å².